The van der Waals surface area contributed by atoms with Gasteiger partial charge in [0, 0.05) is 6.04 Å². The third-order valence-corrected chi connectivity index (χ3v) is 3.84. The quantitative estimate of drug-likeness (QED) is 0.771. The van der Waals surface area contributed by atoms with Crippen LogP contribution in [0.1, 0.15) is 32.1 Å². The van der Waals surface area contributed by atoms with E-state index in [-0.39, 0.29) is 31.2 Å². The maximum Gasteiger partial charge on any atom is 0.406 e. The van der Waals surface area contributed by atoms with E-state index in [0.29, 0.717) is 0 Å². The predicted molar refractivity (Wildman–Crippen MR) is 54.4 cm³/mol. The molecule has 0 aromatic heterocycles. The summed E-state index contributed by atoms with van der Waals surface area (Å²) in [4.78, 5) is 24.7. The highest BCUT2D eigenvalue weighted by molar-refractivity contribution is 6.06. The van der Waals surface area contributed by atoms with Crippen LogP contribution >= 0.6 is 0 Å². The summed E-state index contributed by atoms with van der Waals surface area (Å²) in [5, 5.41) is 2.36. The molecule has 2 saturated carbocycles. The Morgan fingerprint density at radius 2 is 1.83 bits per heavy atom. The Hall–Kier alpha value is -1.11. The van der Waals surface area contributed by atoms with Crippen LogP contribution in [0.5, 0.6) is 0 Å². The zero-order valence-electron chi connectivity index (χ0n) is 9.59. The second kappa shape index (κ2) is 3.46. The first kappa shape index (κ1) is 12.0. The molecular formula is C11H13F3N2O2. The molecule has 0 aromatic carbocycles. The summed E-state index contributed by atoms with van der Waals surface area (Å²) in [7, 11) is 0. The van der Waals surface area contributed by atoms with E-state index in [0.717, 1.165) is 17.7 Å². The fourth-order valence-corrected chi connectivity index (χ4v) is 2.45. The van der Waals surface area contributed by atoms with Crippen molar-refractivity contribution in [2.75, 3.05) is 0 Å². The lowest BCUT2D eigenvalue weighted by atomic mass is 10.1. The first-order chi connectivity index (χ1) is 8.34. The van der Waals surface area contributed by atoms with Gasteiger partial charge in [-0.15, -0.1) is 0 Å². The van der Waals surface area contributed by atoms with E-state index in [1.54, 1.807) is 0 Å². The van der Waals surface area contributed by atoms with Crippen LogP contribution in [0.4, 0.5) is 13.2 Å². The van der Waals surface area contributed by atoms with Gasteiger partial charge in [0.05, 0.1) is 12.5 Å². The highest BCUT2D eigenvalue weighted by Gasteiger charge is 2.65. The van der Waals surface area contributed by atoms with Crippen LogP contribution in [-0.4, -0.2) is 40.5 Å². The summed E-state index contributed by atoms with van der Waals surface area (Å²) >= 11 is 0. The van der Waals surface area contributed by atoms with Crippen LogP contribution in [0, 0.1) is 0 Å². The van der Waals surface area contributed by atoms with Crippen LogP contribution in [-0.2, 0) is 9.59 Å². The monoisotopic (exact) mass is 262 g/mol. The number of nitrogens with one attached hydrogen (secondary N) is 1. The number of rotatable bonds is 3. The Kier molecular flexibility index (Phi) is 2.30. The van der Waals surface area contributed by atoms with Crippen molar-refractivity contribution in [1.29, 1.82) is 0 Å². The van der Waals surface area contributed by atoms with E-state index in [2.05, 4.69) is 5.32 Å². The van der Waals surface area contributed by atoms with Crippen molar-refractivity contribution in [3.8, 4) is 0 Å². The molecule has 3 rings (SSSR count). The molecule has 3 fully saturated rings. The van der Waals surface area contributed by atoms with Crippen LogP contribution < -0.4 is 5.32 Å². The summed E-state index contributed by atoms with van der Waals surface area (Å²) in [6, 6.07) is -1.07. The second-order valence-corrected chi connectivity index (χ2v) is 5.31. The fraction of sp³-hybridized carbons (Fsp3) is 0.818. The number of imide groups is 1. The largest absolute Gasteiger partial charge is 0.406 e. The maximum absolute atomic E-state index is 12.8. The average Bonchev–Trinajstić information content (AvgIpc) is 3.08. The number of hydrogen-bond acceptors (Lipinski definition) is 3. The topological polar surface area (TPSA) is 49.4 Å². The second-order valence-electron chi connectivity index (χ2n) is 5.31. The highest BCUT2D eigenvalue weighted by Crippen LogP contribution is 2.49. The Morgan fingerprint density at radius 3 is 2.28 bits per heavy atom. The van der Waals surface area contributed by atoms with E-state index in [1.165, 1.54) is 0 Å². The van der Waals surface area contributed by atoms with Gasteiger partial charge < -0.3 is 0 Å². The maximum atomic E-state index is 12.8. The molecule has 1 unspecified atom stereocenters. The molecule has 1 N–H and O–H groups in total. The summed E-state index contributed by atoms with van der Waals surface area (Å²) in [5.74, 6) is -0.837. The van der Waals surface area contributed by atoms with Crippen LogP contribution in [0.3, 0.4) is 0 Å². The molecule has 1 heterocycles. The summed E-state index contributed by atoms with van der Waals surface area (Å²) in [6.45, 7) is 0. The third-order valence-electron chi connectivity index (χ3n) is 3.84. The molecule has 0 radical (unpaired) electrons. The van der Waals surface area contributed by atoms with E-state index >= 15 is 0 Å². The average molecular weight is 262 g/mol. The van der Waals surface area contributed by atoms with Gasteiger partial charge >= 0.3 is 6.18 Å². The number of carbonyl (C=O) groups is 2. The number of amides is 2. The zero-order valence-corrected chi connectivity index (χ0v) is 9.59. The summed E-state index contributed by atoms with van der Waals surface area (Å²) < 4.78 is 38.3. The van der Waals surface area contributed by atoms with Crippen LogP contribution in [0.25, 0.3) is 0 Å². The van der Waals surface area contributed by atoms with Gasteiger partial charge in [-0.1, -0.05) is 0 Å². The number of nitrogens with zero attached hydrogens (tertiary/aromatic N) is 1. The van der Waals surface area contributed by atoms with E-state index in [9.17, 15) is 22.8 Å². The van der Waals surface area contributed by atoms with Crippen molar-refractivity contribution in [3.05, 3.63) is 0 Å². The number of carbonyl (C=O) groups excluding carboxylic acids is 2. The van der Waals surface area contributed by atoms with Crippen molar-refractivity contribution < 1.29 is 22.8 Å². The Morgan fingerprint density at radius 1 is 1.22 bits per heavy atom. The first-order valence-corrected chi connectivity index (χ1v) is 6.04. The molecule has 4 nitrogen and oxygen atoms in total. The van der Waals surface area contributed by atoms with E-state index < -0.39 is 23.7 Å². The lowest BCUT2D eigenvalue weighted by Gasteiger charge is -2.23. The van der Waals surface area contributed by atoms with Crippen molar-refractivity contribution >= 4 is 11.8 Å². The SMILES string of the molecule is O=C1CC(NC2(C(F)(F)F)CC2)C(=O)N1C1CC1. The smallest absolute Gasteiger partial charge is 0.292 e. The Labute approximate surface area is 102 Å². The minimum atomic E-state index is -4.36. The molecule has 7 heteroatoms. The minimum Gasteiger partial charge on any atom is -0.292 e. The predicted octanol–water partition coefficient (Wildman–Crippen LogP) is 0.961. The van der Waals surface area contributed by atoms with Crippen LogP contribution in [0.15, 0.2) is 0 Å². The molecule has 18 heavy (non-hydrogen) atoms. The minimum absolute atomic E-state index is 0.0160. The van der Waals surface area contributed by atoms with Gasteiger partial charge in [-0.3, -0.25) is 19.8 Å². The first-order valence-electron chi connectivity index (χ1n) is 6.04. The number of hydrogen-bond donors (Lipinski definition) is 1. The van der Waals surface area contributed by atoms with Crippen molar-refractivity contribution in [2.45, 2.75) is 55.9 Å². The third kappa shape index (κ3) is 1.72. The van der Waals surface area contributed by atoms with Gasteiger partial charge in [-0.2, -0.15) is 13.2 Å². The molecule has 2 aliphatic carbocycles. The zero-order chi connectivity index (χ0) is 13.1. The van der Waals surface area contributed by atoms with E-state index in [4.69, 9.17) is 0 Å². The molecule has 0 bridgehead atoms. The van der Waals surface area contributed by atoms with Gasteiger partial charge in [-0.05, 0) is 25.7 Å². The standard InChI is InChI=1S/C11H13F3N2O2/c12-11(13,14)10(3-4-10)15-7-5-8(17)16(9(7)18)6-1-2-6/h6-7,15H,1-5H2. The molecule has 2 amide bonds. The number of halogens is 3. The van der Waals surface area contributed by atoms with Gasteiger partial charge in [0.2, 0.25) is 11.8 Å². The van der Waals surface area contributed by atoms with Gasteiger partial charge in [0.15, 0.2) is 0 Å². The van der Waals surface area contributed by atoms with Gasteiger partial charge in [-0.25, -0.2) is 0 Å². The normalized spacial score (nSPS) is 31.1. The number of likely N-dealkylation sites (tertiary alicyclic amines) is 1. The summed E-state index contributed by atoms with van der Waals surface area (Å²) in [5.41, 5.74) is -1.94. The van der Waals surface area contributed by atoms with Crippen molar-refractivity contribution in [2.24, 2.45) is 0 Å². The molecular weight excluding hydrogens is 249 g/mol. The lowest BCUT2D eigenvalue weighted by Crippen LogP contribution is -2.52. The number of alkyl halides is 3. The molecule has 0 aromatic rings. The molecule has 1 aliphatic heterocycles. The summed E-state index contributed by atoms with van der Waals surface area (Å²) in [6.07, 6.45) is -2.99. The lowest BCUT2D eigenvalue weighted by molar-refractivity contribution is -0.168. The van der Waals surface area contributed by atoms with Gasteiger partial charge in [0.25, 0.3) is 0 Å². The molecule has 0 spiro atoms. The molecule has 1 saturated heterocycles. The Bertz CT molecular complexity index is 413. The highest BCUT2D eigenvalue weighted by atomic mass is 19.4. The van der Waals surface area contributed by atoms with Crippen LogP contribution in [0.2, 0.25) is 0 Å². The molecule has 100 valence electrons. The van der Waals surface area contributed by atoms with Crippen molar-refractivity contribution in [1.82, 2.24) is 10.2 Å². The van der Waals surface area contributed by atoms with Gasteiger partial charge in [0.1, 0.15) is 5.54 Å². The molecule has 1 atom stereocenters. The van der Waals surface area contributed by atoms with Crippen molar-refractivity contribution in [3.63, 3.8) is 0 Å². The van der Waals surface area contributed by atoms with E-state index in [1.807, 2.05) is 0 Å². The molecule has 3 aliphatic rings. The fourth-order valence-electron chi connectivity index (χ4n) is 2.45. The Balaban J connectivity index is 1.71.